The largest absolute Gasteiger partial charge is 0.481 e. The van der Waals surface area contributed by atoms with Gasteiger partial charge in [-0.25, -0.2) is 9.78 Å². The second-order valence-electron chi connectivity index (χ2n) is 6.22. The van der Waals surface area contributed by atoms with E-state index in [1.807, 2.05) is 6.92 Å². The van der Waals surface area contributed by atoms with E-state index in [1.165, 1.54) is 0 Å². The lowest BCUT2D eigenvalue weighted by molar-refractivity contribution is -0.139. The third-order valence-corrected chi connectivity index (χ3v) is 4.05. The molecular formula is C20H20N2O5. The number of rotatable bonds is 6. The van der Waals surface area contributed by atoms with Crippen LogP contribution in [-0.2, 0) is 11.2 Å². The van der Waals surface area contributed by atoms with Crippen LogP contribution in [0.25, 0.3) is 11.1 Å². The maximum Gasteiger partial charge on any atom is 0.341 e. The molecule has 140 valence electrons. The molecule has 1 aromatic heterocycles. The zero-order chi connectivity index (χ0) is 19.6. The van der Waals surface area contributed by atoms with Crippen LogP contribution in [-0.4, -0.2) is 28.6 Å². The number of benzene rings is 2. The highest BCUT2D eigenvalue weighted by Crippen LogP contribution is 2.26. The van der Waals surface area contributed by atoms with Gasteiger partial charge in [-0.2, -0.15) is 0 Å². The van der Waals surface area contributed by atoms with E-state index in [0.717, 1.165) is 0 Å². The van der Waals surface area contributed by atoms with Crippen molar-refractivity contribution in [1.82, 2.24) is 4.98 Å². The number of nitrogens with one attached hydrogen (secondary N) is 1. The Morgan fingerprint density at radius 2 is 1.89 bits per heavy atom. The van der Waals surface area contributed by atoms with E-state index in [2.05, 4.69) is 10.3 Å². The molecule has 0 bridgehead atoms. The molecule has 3 rings (SSSR count). The van der Waals surface area contributed by atoms with Crippen molar-refractivity contribution in [3.63, 3.8) is 0 Å². The second kappa shape index (κ2) is 7.49. The zero-order valence-electron chi connectivity index (χ0n) is 15.3. The van der Waals surface area contributed by atoms with Crippen molar-refractivity contribution in [3.8, 4) is 5.75 Å². The number of carboxylic acid groups (broad SMARTS) is 1. The van der Waals surface area contributed by atoms with Gasteiger partial charge in [0.2, 0.25) is 0 Å². The van der Waals surface area contributed by atoms with Crippen molar-refractivity contribution in [3.05, 3.63) is 52.9 Å². The van der Waals surface area contributed by atoms with Gasteiger partial charge in [-0.1, -0.05) is 6.92 Å². The van der Waals surface area contributed by atoms with Crippen LogP contribution in [0.4, 0.5) is 5.69 Å². The molecule has 7 nitrogen and oxygen atoms in total. The normalized spacial score (nSPS) is 10.8. The third-order valence-electron chi connectivity index (χ3n) is 4.05. The first-order valence-electron chi connectivity index (χ1n) is 8.54. The minimum atomic E-state index is -1.05. The molecule has 0 spiro atoms. The Hall–Kier alpha value is -3.35. The van der Waals surface area contributed by atoms with Crippen LogP contribution in [0.3, 0.4) is 0 Å². The average Bonchev–Trinajstić information content (AvgIpc) is 3.03. The molecule has 0 aliphatic rings. The lowest BCUT2D eigenvalue weighted by Gasteiger charge is -2.13. The number of amides is 1. The molecular weight excluding hydrogens is 348 g/mol. The Morgan fingerprint density at radius 1 is 1.19 bits per heavy atom. The molecule has 1 amide bonds. The first kappa shape index (κ1) is 18.4. The fourth-order valence-corrected chi connectivity index (χ4v) is 2.85. The van der Waals surface area contributed by atoms with Gasteiger partial charge in [-0.3, -0.25) is 4.79 Å². The standard InChI is InChI=1S/C20H20N2O5/c1-4-17-22-15-9-14(5-6-16(15)27-17)21-20(25)13-7-11(2)19(12(3)8-13)26-10-18(23)24/h5-9H,4,10H2,1-3H3,(H,21,25)(H,23,24). The molecule has 0 saturated heterocycles. The predicted octanol–water partition coefficient (Wildman–Crippen LogP) is 3.72. The summed E-state index contributed by atoms with van der Waals surface area (Å²) in [7, 11) is 0. The summed E-state index contributed by atoms with van der Waals surface area (Å²) in [6, 6.07) is 8.64. The molecule has 0 aliphatic carbocycles. The number of carbonyl (C=O) groups excluding carboxylic acids is 1. The number of hydrogen-bond donors (Lipinski definition) is 2. The summed E-state index contributed by atoms with van der Waals surface area (Å²) >= 11 is 0. The van der Waals surface area contributed by atoms with Crippen LogP contribution in [0, 0.1) is 13.8 Å². The SMILES string of the molecule is CCc1nc2cc(NC(=O)c3cc(C)c(OCC(=O)O)c(C)c3)ccc2o1. The molecule has 3 aromatic rings. The highest BCUT2D eigenvalue weighted by Gasteiger charge is 2.14. The minimum Gasteiger partial charge on any atom is -0.481 e. The summed E-state index contributed by atoms with van der Waals surface area (Å²) in [5.41, 5.74) is 3.83. The smallest absolute Gasteiger partial charge is 0.341 e. The molecule has 1 heterocycles. The number of aryl methyl sites for hydroxylation is 3. The van der Waals surface area contributed by atoms with Crippen molar-refractivity contribution >= 4 is 28.7 Å². The fraction of sp³-hybridized carbons (Fsp3) is 0.250. The van der Waals surface area contributed by atoms with Gasteiger partial charge < -0.3 is 19.6 Å². The van der Waals surface area contributed by atoms with Crippen molar-refractivity contribution in [2.75, 3.05) is 11.9 Å². The van der Waals surface area contributed by atoms with E-state index in [-0.39, 0.29) is 5.91 Å². The summed E-state index contributed by atoms with van der Waals surface area (Å²) in [5, 5.41) is 11.6. The number of anilines is 1. The van der Waals surface area contributed by atoms with Crippen LogP contribution in [0.15, 0.2) is 34.7 Å². The van der Waals surface area contributed by atoms with E-state index in [1.54, 1.807) is 44.2 Å². The van der Waals surface area contributed by atoms with Gasteiger partial charge in [-0.15, -0.1) is 0 Å². The Morgan fingerprint density at radius 3 is 2.52 bits per heavy atom. The quantitative estimate of drug-likeness (QED) is 0.687. The number of nitrogens with zero attached hydrogens (tertiary/aromatic N) is 1. The molecule has 0 unspecified atom stereocenters. The lowest BCUT2D eigenvalue weighted by atomic mass is 10.0. The zero-order valence-corrected chi connectivity index (χ0v) is 15.3. The summed E-state index contributed by atoms with van der Waals surface area (Å²) in [6.07, 6.45) is 0.700. The predicted molar refractivity (Wildman–Crippen MR) is 100 cm³/mol. The topological polar surface area (TPSA) is 102 Å². The van der Waals surface area contributed by atoms with E-state index in [0.29, 0.717) is 51.5 Å². The van der Waals surface area contributed by atoms with Crippen molar-refractivity contribution in [2.24, 2.45) is 0 Å². The molecule has 0 atom stereocenters. The maximum absolute atomic E-state index is 12.6. The molecule has 0 fully saturated rings. The van der Waals surface area contributed by atoms with Crippen LogP contribution >= 0.6 is 0 Å². The molecule has 2 aromatic carbocycles. The van der Waals surface area contributed by atoms with Crippen molar-refractivity contribution in [2.45, 2.75) is 27.2 Å². The number of ether oxygens (including phenoxy) is 1. The summed E-state index contributed by atoms with van der Waals surface area (Å²) in [6.45, 7) is 5.08. The van der Waals surface area contributed by atoms with Crippen LogP contribution in [0.2, 0.25) is 0 Å². The second-order valence-corrected chi connectivity index (χ2v) is 6.22. The highest BCUT2D eigenvalue weighted by molar-refractivity contribution is 6.05. The summed E-state index contributed by atoms with van der Waals surface area (Å²) < 4.78 is 10.9. The van der Waals surface area contributed by atoms with Crippen molar-refractivity contribution < 1.29 is 23.8 Å². The van der Waals surface area contributed by atoms with Crippen LogP contribution < -0.4 is 10.1 Å². The average molecular weight is 368 g/mol. The number of carbonyl (C=O) groups is 2. The van der Waals surface area contributed by atoms with Gasteiger partial charge in [0.05, 0.1) is 0 Å². The van der Waals surface area contributed by atoms with Gasteiger partial charge in [0.25, 0.3) is 5.91 Å². The Labute approximate surface area is 156 Å². The van der Waals surface area contributed by atoms with Crippen LogP contribution in [0.5, 0.6) is 5.75 Å². The van der Waals surface area contributed by atoms with Gasteiger partial charge >= 0.3 is 5.97 Å². The summed E-state index contributed by atoms with van der Waals surface area (Å²) in [5.74, 6) is -0.198. The van der Waals surface area contributed by atoms with Gasteiger partial charge in [0.1, 0.15) is 11.3 Å². The van der Waals surface area contributed by atoms with Gasteiger partial charge in [-0.05, 0) is 55.3 Å². The van der Waals surface area contributed by atoms with E-state index < -0.39 is 12.6 Å². The molecule has 0 radical (unpaired) electrons. The first-order chi connectivity index (χ1) is 12.9. The van der Waals surface area contributed by atoms with E-state index in [4.69, 9.17) is 14.3 Å². The lowest BCUT2D eigenvalue weighted by Crippen LogP contribution is -2.14. The van der Waals surface area contributed by atoms with Gasteiger partial charge in [0.15, 0.2) is 18.1 Å². The molecule has 2 N–H and O–H groups in total. The molecule has 0 saturated carbocycles. The third kappa shape index (κ3) is 4.08. The number of aromatic nitrogens is 1. The Balaban J connectivity index is 1.80. The number of fused-ring (bicyclic) bond motifs is 1. The molecule has 7 heteroatoms. The molecule has 27 heavy (non-hydrogen) atoms. The van der Waals surface area contributed by atoms with E-state index in [9.17, 15) is 9.59 Å². The Kier molecular flexibility index (Phi) is 5.12. The number of oxazole rings is 1. The minimum absolute atomic E-state index is 0.274. The fourth-order valence-electron chi connectivity index (χ4n) is 2.85. The monoisotopic (exact) mass is 368 g/mol. The van der Waals surface area contributed by atoms with Gasteiger partial charge in [0, 0.05) is 17.7 Å². The number of aliphatic carboxylic acids is 1. The van der Waals surface area contributed by atoms with Crippen molar-refractivity contribution in [1.29, 1.82) is 0 Å². The Bertz CT molecular complexity index is 999. The van der Waals surface area contributed by atoms with Crippen LogP contribution in [0.1, 0.15) is 34.3 Å². The highest BCUT2D eigenvalue weighted by atomic mass is 16.5. The summed E-state index contributed by atoms with van der Waals surface area (Å²) in [4.78, 5) is 27.7. The van der Waals surface area contributed by atoms with E-state index >= 15 is 0 Å². The molecule has 0 aliphatic heterocycles. The number of hydrogen-bond acceptors (Lipinski definition) is 5. The maximum atomic E-state index is 12.6. The number of carboxylic acids is 1. The first-order valence-corrected chi connectivity index (χ1v) is 8.54.